The molecule has 2 aromatic carbocycles. The Morgan fingerprint density at radius 3 is 2.53 bits per heavy atom. The van der Waals surface area contributed by atoms with E-state index in [1.54, 1.807) is 18.2 Å². The smallest absolute Gasteiger partial charge is 0.355 e. The number of aromatic nitrogens is 3. The molecule has 0 spiro atoms. The second kappa shape index (κ2) is 8.04. The zero-order chi connectivity index (χ0) is 21.3. The number of ether oxygens (including phenoxy) is 1. The molecule has 0 atom stereocenters. The van der Waals surface area contributed by atoms with Crippen molar-refractivity contribution in [3.8, 4) is 27.7 Å². The molecule has 0 aliphatic heterocycles. The minimum atomic E-state index is -0.434. The normalized spacial score (nSPS) is 10.8. The molecule has 2 aromatic heterocycles. The molecule has 0 amide bonds. The van der Waals surface area contributed by atoms with E-state index in [0.717, 1.165) is 21.7 Å². The molecule has 0 radical (unpaired) electrons. The molecular weight excluding hydrogens is 396 g/mol. The second-order valence-electron chi connectivity index (χ2n) is 7.01. The van der Waals surface area contributed by atoms with Gasteiger partial charge in [-0.15, -0.1) is 11.3 Å². The molecule has 0 saturated heterocycles. The van der Waals surface area contributed by atoms with Gasteiger partial charge in [0.1, 0.15) is 15.6 Å². The molecule has 2 N–H and O–H groups in total. The van der Waals surface area contributed by atoms with E-state index in [-0.39, 0.29) is 0 Å². The van der Waals surface area contributed by atoms with Gasteiger partial charge in [0.2, 0.25) is 0 Å². The van der Waals surface area contributed by atoms with E-state index in [4.69, 9.17) is 10.5 Å². The SMILES string of the molecule is Cc1ccc(-c2nc(C)c(C(=O)Oc3cccc(-c4ncc(N)cn4)c3)s2)c(C)c1. The lowest BCUT2D eigenvalue weighted by molar-refractivity contribution is 0.0739. The third kappa shape index (κ3) is 4.06. The van der Waals surface area contributed by atoms with E-state index in [1.807, 2.05) is 32.0 Å². The molecular formula is C23H20N4O2S. The number of thiazole rings is 1. The number of nitrogen functional groups attached to an aromatic ring is 1. The molecule has 6 nitrogen and oxygen atoms in total. The summed E-state index contributed by atoms with van der Waals surface area (Å²) in [5, 5.41) is 0.806. The van der Waals surface area contributed by atoms with Crippen LogP contribution in [-0.4, -0.2) is 20.9 Å². The van der Waals surface area contributed by atoms with Crippen LogP contribution >= 0.6 is 11.3 Å². The fourth-order valence-electron chi connectivity index (χ4n) is 3.09. The summed E-state index contributed by atoms with van der Waals surface area (Å²) in [5.74, 6) is 0.489. The van der Waals surface area contributed by atoms with E-state index in [0.29, 0.717) is 27.8 Å². The number of anilines is 1. The molecule has 7 heteroatoms. The van der Waals surface area contributed by atoms with Crippen LogP contribution in [0.15, 0.2) is 54.9 Å². The monoisotopic (exact) mass is 416 g/mol. The summed E-state index contributed by atoms with van der Waals surface area (Å²) in [6.07, 6.45) is 3.08. The van der Waals surface area contributed by atoms with Crippen molar-refractivity contribution in [2.75, 3.05) is 5.73 Å². The van der Waals surface area contributed by atoms with Crippen LogP contribution < -0.4 is 10.5 Å². The molecule has 0 bridgehead atoms. The van der Waals surface area contributed by atoms with E-state index in [2.05, 4.69) is 27.9 Å². The van der Waals surface area contributed by atoms with Crippen molar-refractivity contribution in [3.05, 3.63) is 76.6 Å². The summed E-state index contributed by atoms with van der Waals surface area (Å²) in [5.41, 5.74) is 10.9. The van der Waals surface area contributed by atoms with E-state index >= 15 is 0 Å². The van der Waals surface area contributed by atoms with Gasteiger partial charge < -0.3 is 10.5 Å². The van der Waals surface area contributed by atoms with Crippen LogP contribution in [0.25, 0.3) is 22.0 Å². The minimum absolute atomic E-state index is 0.416. The van der Waals surface area contributed by atoms with Gasteiger partial charge in [0.05, 0.1) is 23.8 Å². The Morgan fingerprint density at radius 1 is 1.03 bits per heavy atom. The average molecular weight is 417 g/mol. The maximum atomic E-state index is 12.8. The Balaban J connectivity index is 1.58. The number of benzene rings is 2. The van der Waals surface area contributed by atoms with Crippen LogP contribution in [0, 0.1) is 20.8 Å². The molecule has 4 rings (SSSR count). The van der Waals surface area contributed by atoms with Crippen LogP contribution in [-0.2, 0) is 0 Å². The van der Waals surface area contributed by atoms with Gasteiger partial charge >= 0.3 is 5.97 Å². The molecule has 0 aliphatic rings. The van der Waals surface area contributed by atoms with Crippen LogP contribution in [0.4, 0.5) is 5.69 Å². The number of nitrogens with zero attached hydrogens (tertiary/aromatic N) is 3. The third-order valence-corrected chi connectivity index (χ3v) is 5.74. The van der Waals surface area contributed by atoms with Crippen molar-refractivity contribution in [2.45, 2.75) is 20.8 Å². The Kier molecular flexibility index (Phi) is 5.29. The molecule has 2 heterocycles. The van der Waals surface area contributed by atoms with Crippen molar-refractivity contribution in [2.24, 2.45) is 0 Å². The molecule has 0 unspecified atom stereocenters. The number of rotatable bonds is 4. The summed E-state index contributed by atoms with van der Waals surface area (Å²) in [6, 6.07) is 13.3. The number of aryl methyl sites for hydroxylation is 3. The van der Waals surface area contributed by atoms with Gasteiger partial charge in [-0.2, -0.15) is 0 Å². The lowest BCUT2D eigenvalue weighted by Gasteiger charge is -2.06. The van der Waals surface area contributed by atoms with Crippen molar-refractivity contribution in [1.29, 1.82) is 0 Å². The standard InChI is InChI=1S/C23H20N4O2S/c1-13-7-8-19(14(2)9-13)22-27-15(3)20(30-22)23(28)29-18-6-4-5-16(10-18)21-25-11-17(24)12-26-21/h4-12H,24H2,1-3H3. The van der Waals surface area contributed by atoms with Crippen molar-refractivity contribution in [3.63, 3.8) is 0 Å². The average Bonchev–Trinajstić information content (AvgIpc) is 3.10. The van der Waals surface area contributed by atoms with Gasteiger partial charge in [-0.1, -0.05) is 35.9 Å². The maximum Gasteiger partial charge on any atom is 0.355 e. The summed E-state index contributed by atoms with van der Waals surface area (Å²) >= 11 is 1.34. The van der Waals surface area contributed by atoms with Gasteiger partial charge in [0, 0.05) is 11.1 Å². The fraction of sp³-hybridized carbons (Fsp3) is 0.130. The molecule has 4 aromatic rings. The van der Waals surface area contributed by atoms with Crippen LogP contribution in [0.2, 0.25) is 0 Å². The Hall–Kier alpha value is -3.58. The van der Waals surface area contributed by atoms with Gasteiger partial charge in [0.15, 0.2) is 5.82 Å². The van der Waals surface area contributed by atoms with Gasteiger partial charge in [-0.05, 0) is 38.5 Å². The molecule has 150 valence electrons. The predicted molar refractivity (Wildman–Crippen MR) is 119 cm³/mol. The van der Waals surface area contributed by atoms with Crippen molar-refractivity contribution >= 4 is 23.0 Å². The number of hydrogen-bond donors (Lipinski definition) is 1. The van der Waals surface area contributed by atoms with E-state index in [1.165, 1.54) is 29.3 Å². The Morgan fingerprint density at radius 2 is 1.80 bits per heavy atom. The first kappa shape index (κ1) is 19.7. The highest BCUT2D eigenvalue weighted by atomic mass is 32.1. The Bertz CT molecular complexity index is 1230. The zero-order valence-electron chi connectivity index (χ0n) is 16.8. The van der Waals surface area contributed by atoms with Gasteiger partial charge in [0.25, 0.3) is 0 Å². The first-order valence-electron chi connectivity index (χ1n) is 9.36. The summed E-state index contributed by atoms with van der Waals surface area (Å²) in [7, 11) is 0. The van der Waals surface area contributed by atoms with Crippen LogP contribution in [0.3, 0.4) is 0 Å². The minimum Gasteiger partial charge on any atom is -0.422 e. The fourth-order valence-corrected chi connectivity index (χ4v) is 4.13. The number of carbonyl (C=O) groups is 1. The topological polar surface area (TPSA) is 91.0 Å². The van der Waals surface area contributed by atoms with Gasteiger partial charge in [-0.25, -0.2) is 19.7 Å². The lowest BCUT2D eigenvalue weighted by Crippen LogP contribution is -2.08. The van der Waals surface area contributed by atoms with Crippen molar-refractivity contribution < 1.29 is 9.53 Å². The van der Waals surface area contributed by atoms with Gasteiger partial charge in [-0.3, -0.25) is 0 Å². The third-order valence-electron chi connectivity index (χ3n) is 4.57. The molecule has 0 aliphatic carbocycles. The first-order chi connectivity index (χ1) is 14.4. The lowest BCUT2D eigenvalue weighted by atomic mass is 10.1. The molecule has 0 fully saturated rings. The molecule has 0 saturated carbocycles. The predicted octanol–water partition coefficient (Wildman–Crippen LogP) is 4.99. The van der Waals surface area contributed by atoms with Crippen molar-refractivity contribution in [1.82, 2.24) is 15.0 Å². The number of hydrogen-bond acceptors (Lipinski definition) is 7. The number of esters is 1. The first-order valence-corrected chi connectivity index (χ1v) is 10.2. The van der Waals surface area contributed by atoms with Crippen LogP contribution in [0.1, 0.15) is 26.5 Å². The maximum absolute atomic E-state index is 12.8. The van der Waals surface area contributed by atoms with E-state index in [9.17, 15) is 4.79 Å². The zero-order valence-corrected chi connectivity index (χ0v) is 17.7. The summed E-state index contributed by atoms with van der Waals surface area (Å²) in [6.45, 7) is 5.91. The number of carbonyl (C=O) groups excluding carboxylic acids is 1. The number of nitrogens with two attached hydrogens (primary N) is 1. The van der Waals surface area contributed by atoms with E-state index < -0.39 is 5.97 Å². The van der Waals surface area contributed by atoms with Crippen LogP contribution in [0.5, 0.6) is 5.75 Å². The summed E-state index contributed by atoms with van der Waals surface area (Å²) in [4.78, 5) is 26.3. The largest absolute Gasteiger partial charge is 0.422 e. The quantitative estimate of drug-likeness (QED) is 0.372. The highest BCUT2D eigenvalue weighted by Gasteiger charge is 2.19. The highest BCUT2D eigenvalue weighted by Crippen LogP contribution is 2.31. The Labute approximate surface area is 178 Å². The summed E-state index contributed by atoms with van der Waals surface area (Å²) < 4.78 is 5.62. The highest BCUT2D eigenvalue weighted by molar-refractivity contribution is 7.17. The second-order valence-corrected chi connectivity index (χ2v) is 8.01. The molecule has 30 heavy (non-hydrogen) atoms.